The molecule has 0 N–H and O–H groups in total. The van der Waals surface area contributed by atoms with Gasteiger partial charge in [0.1, 0.15) is 0 Å². The summed E-state index contributed by atoms with van der Waals surface area (Å²) in [6.45, 7) is 8.22. The lowest BCUT2D eigenvalue weighted by Crippen LogP contribution is -2.43. The molecule has 18 heavy (non-hydrogen) atoms. The highest BCUT2D eigenvalue weighted by Gasteiger charge is 2.26. The zero-order valence-electron chi connectivity index (χ0n) is 10.6. The third-order valence-corrected chi connectivity index (χ3v) is 3.44. The van der Waals surface area contributed by atoms with Gasteiger partial charge in [-0.05, 0) is 24.0 Å². The van der Waals surface area contributed by atoms with Crippen LogP contribution >= 0.6 is 0 Å². The number of benzene rings is 1. The maximum Gasteiger partial charge on any atom is 0.223 e. The summed E-state index contributed by atoms with van der Waals surface area (Å²) >= 11 is 0. The van der Waals surface area contributed by atoms with Crippen molar-refractivity contribution in [2.45, 2.75) is 31.8 Å². The van der Waals surface area contributed by atoms with Gasteiger partial charge in [-0.1, -0.05) is 36.4 Å². The second-order valence-corrected chi connectivity index (χ2v) is 4.62. The zero-order chi connectivity index (χ0) is 13.0. The van der Waals surface area contributed by atoms with Gasteiger partial charge in [-0.15, -0.1) is 13.2 Å². The van der Waals surface area contributed by atoms with Crippen molar-refractivity contribution in [1.29, 1.82) is 0 Å². The molecule has 0 radical (unpaired) electrons. The van der Waals surface area contributed by atoms with Crippen LogP contribution in [0.1, 0.15) is 24.0 Å². The first-order chi connectivity index (χ1) is 8.76. The van der Waals surface area contributed by atoms with Crippen LogP contribution in [0.5, 0.6) is 0 Å². The summed E-state index contributed by atoms with van der Waals surface area (Å²) in [6, 6.07) is 8.44. The first kappa shape index (κ1) is 12.6. The van der Waals surface area contributed by atoms with Gasteiger partial charge in [0.05, 0.1) is 6.04 Å². The second kappa shape index (κ2) is 5.67. The van der Waals surface area contributed by atoms with Crippen molar-refractivity contribution in [3.05, 3.63) is 60.7 Å². The van der Waals surface area contributed by atoms with Crippen LogP contribution in [0.25, 0.3) is 0 Å². The summed E-state index contributed by atoms with van der Waals surface area (Å²) in [4.78, 5) is 14.1. The first-order valence-corrected chi connectivity index (χ1v) is 6.36. The third kappa shape index (κ3) is 2.53. The van der Waals surface area contributed by atoms with E-state index in [1.807, 2.05) is 23.1 Å². The number of allylic oxidation sites excluding steroid dienone is 1. The molecule has 1 aromatic carbocycles. The smallest absolute Gasteiger partial charge is 0.223 e. The van der Waals surface area contributed by atoms with Crippen molar-refractivity contribution in [3.63, 3.8) is 0 Å². The lowest BCUT2D eigenvalue weighted by Gasteiger charge is -2.35. The summed E-state index contributed by atoms with van der Waals surface area (Å²) in [5.74, 6) is 0.189. The molecule has 94 valence electrons. The lowest BCUT2D eigenvalue weighted by molar-refractivity contribution is -0.133. The van der Waals surface area contributed by atoms with E-state index in [9.17, 15) is 4.79 Å². The van der Waals surface area contributed by atoms with E-state index < -0.39 is 0 Å². The van der Waals surface area contributed by atoms with Gasteiger partial charge in [0.25, 0.3) is 0 Å². The van der Waals surface area contributed by atoms with Crippen molar-refractivity contribution in [2.24, 2.45) is 0 Å². The number of nitrogens with zero attached hydrogens (tertiary/aromatic N) is 1. The van der Waals surface area contributed by atoms with E-state index in [0.717, 1.165) is 12.8 Å². The molecular formula is C16H19NO. The van der Waals surface area contributed by atoms with Gasteiger partial charge in [0, 0.05) is 13.0 Å². The van der Waals surface area contributed by atoms with Crippen LogP contribution in [0.2, 0.25) is 0 Å². The normalized spacial score (nSPS) is 18.0. The molecule has 1 aliphatic heterocycles. The zero-order valence-corrected chi connectivity index (χ0v) is 10.6. The maximum absolute atomic E-state index is 12.2. The minimum atomic E-state index is 0.122. The number of fused-ring (bicyclic) bond motifs is 1. The van der Waals surface area contributed by atoms with E-state index in [-0.39, 0.29) is 11.9 Å². The third-order valence-electron chi connectivity index (χ3n) is 3.44. The molecule has 0 saturated carbocycles. The molecule has 0 bridgehead atoms. The van der Waals surface area contributed by atoms with Crippen LogP contribution in [0.15, 0.2) is 49.6 Å². The number of hydrogen-bond acceptors (Lipinski definition) is 1. The SMILES string of the molecule is C=CCCC(=O)N1Cc2ccccc2C[C@H]1C=C. The molecule has 2 heteroatoms. The predicted octanol–water partition coefficient (Wildman–Crippen LogP) is 3.09. The summed E-state index contributed by atoms with van der Waals surface area (Å²) in [5, 5.41) is 0. The maximum atomic E-state index is 12.2. The molecule has 1 aliphatic rings. The van der Waals surface area contributed by atoms with Gasteiger partial charge in [0.2, 0.25) is 5.91 Å². The van der Waals surface area contributed by atoms with Gasteiger partial charge >= 0.3 is 0 Å². The Labute approximate surface area is 109 Å². The molecule has 1 amide bonds. The number of hydrogen-bond donors (Lipinski definition) is 0. The molecule has 0 fully saturated rings. The fraction of sp³-hybridized carbons (Fsp3) is 0.312. The average Bonchev–Trinajstić information content (AvgIpc) is 2.43. The molecule has 0 saturated heterocycles. The van der Waals surface area contributed by atoms with Gasteiger partial charge in [-0.2, -0.15) is 0 Å². The molecular weight excluding hydrogens is 222 g/mol. The Morgan fingerprint density at radius 3 is 2.72 bits per heavy atom. The van der Waals surface area contributed by atoms with E-state index >= 15 is 0 Å². The minimum Gasteiger partial charge on any atom is -0.332 e. The summed E-state index contributed by atoms with van der Waals surface area (Å²) in [5.41, 5.74) is 2.58. The van der Waals surface area contributed by atoms with Crippen LogP contribution in [-0.2, 0) is 17.8 Å². The monoisotopic (exact) mass is 241 g/mol. The highest BCUT2D eigenvalue weighted by molar-refractivity contribution is 5.77. The van der Waals surface area contributed by atoms with E-state index in [0.29, 0.717) is 13.0 Å². The fourth-order valence-electron chi connectivity index (χ4n) is 2.40. The molecule has 2 nitrogen and oxygen atoms in total. The molecule has 1 atom stereocenters. The van der Waals surface area contributed by atoms with Crippen LogP contribution in [0.4, 0.5) is 0 Å². The Morgan fingerprint density at radius 1 is 1.33 bits per heavy atom. The molecule has 0 unspecified atom stereocenters. The first-order valence-electron chi connectivity index (χ1n) is 6.36. The van der Waals surface area contributed by atoms with Crippen molar-refractivity contribution >= 4 is 5.91 Å². The van der Waals surface area contributed by atoms with Crippen LogP contribution in [0, 0.1) is 0 Å². The van der Waals surface area contributed by atoms with Gasteiger partial charge in [0.15, 0.2) is 0 Å². The predicted molar refractivity (Wildman–Crippen MR) is 74.1 cm³/mol. The Kier molecular flexibility index (Phi) is 3.98. The topological polar surface area (TPSA) is 20.3 Å². The van der Waals surface area contributed by atoms with E-state index in [4.69, 9.17) is 0 Å². The largest absolute Gasteiger partial charge is 0.332 e. The number of carbonyl (C=O) groups excluding carboxylic acids is 1. The van der Waals surface area contributed by atoms with Gasteiger partial charge in [-0.3, -0.25) is 4.79 Å². The quantitative estimate of drug-likeness (QED) is 0.742. The summed E-state index contributed by atoms with van der Waals surface area (Å²) in [7, 11) is 0. The van der Waals surface area contributed by atoms with E-state index in [1.54, 1.807) is 6.08 Å². The molecule has 0 aliphatic carbocycles. The number of carbonyl (C=O) groups is 1. The second-order valence-electron chi connectivity index (χ2n) is 4.62. The molecule has 0 spiro atoms. The number of amides is 1. The van der Waals surface area contributed by atoms with Crippen molar-refractivity contribution in [2.75, 3.05) is 0 Å². The summed E-state index contributed by atoms with van der Waals surface area (Å²) in [6.07, 6.45) is 5.82. The fourth-order valence-corrected chi connectivity index (χ4v) is 2.40. The van der Waals surface area contributed by atoms with Crippen molar-refractivity contribution < 1.29 is 4.79 Å². The lowest BCUT2D eigenvalue weighted by atomic mass is 9.93. The molecule has 2 rings (SSSR count). The highest BCUT2D eigenvalue weighted by atomic mass is 16.2. The van der Waals surface area contributed by atoms with E-state index in [1.165, 1.54) is 11.1 Å². The van der Waals surface area contributed by atoms with Gasteiger partial charge in [-0.25, -0.2) is 0 Å². The van der Waals surface area contributed by atoms with Crippen molar-refractivity contribution in [3.8, 4) is 0 Å². The van der Waals surface area contributed by atoms with Gasteiger partial charge < -0.3 is 4.90 Å². The standard InChI is InChI=1S/C16H19NO/c1-3-5-10-16(18)17-12-14-9-7-6-8-13(14)11-15(17)4-2/h3-4,6-9,15H,1-2,5,10-12H2/t15-/m1/s1. The highest BCUT2D eigenvalue weighted by Crippen LogP contribution is 2.24. The van der Waals surface area contributed by atoms with E-state index in [2.05, 4.69) is 25.3 Å². The average molecular weight is 241 g/mol. The summed E-state index contributed by atoms with van der Waals surface area (Å²) < 4.78 is 0. The Bertz CT molecular complexity index is 464. The number of rotatable bonds is 4. The van der Waals surface area contributed by atoms with Crippen molar-refractivity contribution in [1.82, 2.24) is 4.90 Å². The minimum absolute atomic E-state index is 0.122. The van der Waals surface area contributed by atoms with Crippen LogP contribution < -0.4 is 0 Å². The molecule has 1 heterocycles. The van der Waals surface area contributed by atoms with Crippen LogP contribution in [-0.4, -0.2) is 16.8 Å². The molecule has 1 aromatic rings. The van der Waals surface area contributed by atoms with Crippen LogP contribution in [0.3, 0.4) is 0 Å². The Balaban J connectivity index is 2.18. The molecule has 0 aromatic heterocycles. The Morgan fingerprint density at radius 2 is 2.06 bits per heavy atom. The Hall–Kier alpha value is -1.83.